The summed E-state index contributed by atoms with van der Waals surface area (Å²) in [5, 5.41) is 9.49. The lowest BCUT2D eigenvalue weighted by Crippen LogP contribution is -2.34. The number of fused-ring (bicyclic) bond motifs is 3. The Morgan fingerprint density at radius 1 is 1.44 bits per heavy atom. The van der Waals surface area contributed by atoms with Crippen LogP contribution in [0.3, 0.4) is 0 Å². The molecule has 1 aromatic carbocycles. The van der Waals surface area contributed by atoms with Crippen LogP contribution < -0.4 is 10.6 Å². The molecule has 2 aliphatic heterocycles. The number of aromatic hydroxyl groups is 1. The van der Waals surface area contributed by atoms with E-state index in [1.54, 1.807) is 6.07 Å². The predicted octanol–water partition coefficient (Wildman–Crippen LogP) is 1.49. The number of nitrogens with two attached hydrogens (primary N) is 1. The van der Waals surface area contributed by atoms with Crippen LogP contribution in [0.4, 0.5) is 5.69 Å². The van der Waals surface area contributed by atoms with Gasteiger partial charge in [-0.15, -0.1) is 0 Å². The summed E-state index contributed by atoms with van der Waals surface area (Å²) in [6, 6.07) is 6.42. The van der Waals surface area contributed by atoms with Gasteiger partial charge in [-0.05, 0) is 55.5 Å². The third-order valence-electron chi connectivity index (χ3n) is 3.95. The maximum absolute atomic E-state index is 9.49. The summed E-state index contributed by atoms with van der Waals surface area (Å²) in [6.45, 7) is 1.87. The van der Waals surface area contributed by atoms with E-state index in [9.17, 15) is 5.11 Å². The summed E-state index contributed by atoms with van der Waals surface area (Å²) in [5.41, 5.74) is 8.36. The number of anilines is 1. The Bertz CT molecular complexity index is 405. The van der Waals surface area contributed by atoms with E-state index in [1.807, 2.05) is 6.07 Å². The Kier molecular flexibility index (Phi) is 2.28. The first-order valence-electron chi connectivity index (χ1n) is 6.06. The second-order valence-electron chi connectivity index (χ2n) is 5.00. The molecule has 1 aromatic rings. The highest BCUT2D eigenvalue weighted by molar-refractivity contribution is 5.59. The van der Waals surface area contributed by atoms with Gasteiger partial charge in [-0.3, -0.25) is 0 Å². The van der Waals surface area contributed by atoms with Gasteiger partial charge >= 0.3 is 0 Å². The van der Waals surface area contributed by atoms with Crippen LogP contribution in [-0.4, -0.2) is 24.2 Å². The number of hydrogen-bond donors (Lipinski definition) is 2. The van der Waals surface area contributed by atoms with Gasteiger partial charge in [0.2, 0.25) is 0 Å². The molecule has 0 spiro atoms. The van der Waals surface area contributed by atoms with Gasteiger partial charge in [0.05, 0.1) is 0 Å². The summed E-state index contributed by atoms with van der Waals surface area (Å²) in [6.07, 6.45) is 3.52. The van der Waals surface area contributed by atoms with Crippen molar-refractivity contribution in [1.82, 2.24) is 0 Å². The molecule has 0 aromatic heterocycles. The fourth-order valence-corrected chi connectivity index (χ4v) is 3.13. The van der Waals surface area contributed by atoms with Gasteiger partial charge in [0.1, 0.15) is 5.75 Å². The van der Waals surface area contributed by atoms with E-state index in [0.717, 1.165) is 19.5 Å². The molecule has 0 amide bonds. The van der Waals surface area contributed by atoms with Crippen LogP contribution in [0, 0.1) is 5.92 Å². The molecular formula is C13H18N2O. The standard InChI is InChI=1S/C13H18N2O/c14-7-9-5-11-2-1-10-6-12(16)3-4-13(10)15(11)8-9/h3-4,6,9,11,16H,1-2,5,7-8,14H2. The van der Waals surface area contributed by atoms with E-state index >= 15 is 0 Å². The molecule has 3 heteroatoms. The molecule has 86 valence electrons. The Labute approximate surface area is 95.9 Å². The van der Waals surface area contributed by atoms with Crippen molar-refractivity contribution in [1.29, 1.82) is 0 Å². The van der Waals surface area contributed by atoms with Crippen molar-refractivity contribution in [3.63, 3.8) is 0 Å². The van der Waals surface area contributed by atoms with Crippen molar-refractivity contribution in [2.75, 3.05) is 18.0 Å². The smallest absolute Gasteiger partial charge is 0.116 e. The van der Waals surface area contributed by atoms with Crippen LogP contribution in [0.2, 0.25) is 0 Å². The molecule has 0 radical (unpaired) electrons. The van der Waals surface area contributed by atoms with Crippen LogP contribution in [0.5, 0.6) is 5.75 Å². The monoisotopic (exact) mass is 218 g/mol. The number of phenolic OH excluding ortho intramolecular Hbond substituents is 1. The quantitative estimate of drug-likeness (QED) is 0.751. The highest BCUT2D eigenvalue weighted by atomic mass is 16.3. The highest BCUT2D eigenvalue weighted by Gasteiger charge is 2.34. The molecular weight excluding hydrogens is 200 g/mol. The topological polar surface area (TPSA) is 49.5 Å². The second kappa shape index (κ2) is 3.67. The maximum Gasteiger partial charge on any atom is 0.116 e. The lowest BCUT2D eigenvalue weighted by Gasteiger charge is -2.33. The zero-order chi connectivity index (χ0) is 11.1. The van der Waals surface area contributed by atoms with Crippen molar-refractivity contribution in [2.45, 2.75) is 25.3 Å². The van der Waals surface area contributed by atoms with Gasteiger partial charge in [-0.25, -0.2) is 0 Å². The van der Waals surface area contributed by atoms with Crippen LogP contribution >= 0.6 is 0 Å². The first-order chi connectivity index (χ1) is 7.78. The molecule has 3 N–H and O–H groups in total. The van der Waals surface area contributed by atoms with Crippen molar-refractivity contribution < 1.29 is 5.11 Å². The second-order valence-corrected chi connectivity index (χ2v) is 5.00. The molecule has 0 saturated carbocycles. The first-order valence-corrected chi connectivity index (χ1v) is 6.06. The Morgan fingerprint density at radius 2 is 2.31 bits per heavy atom. The minimum Gasteiger partial charge on any atom is -0.508 e. The van der Waals surface area contributed by atoms with Crippen LogP contribution in [0.1, 0.15) is 18.4 Å². The molecule has 0 bridgehead atoms. The molecule has 1 fully saturated rings. The van der Waals surface area contributed by atoms with Gasteiger partial charge in [-0.1, -0.05) is 0 Å². The zero-order valence-corrected chi connectivity index (χ0v) is 9.39. The van der Waals surface area contributed by atoms with Crippen molar-refractivity contribution in [2.24, 2.45) is 11.7 Å². The molecule has 16 heavy (non-hydrogen) atoms. The number of rotatable bonds is 1. The van der Waals surface area contributed by atoms with Gasteiger partial charge in [0.15, 0.2) is 0 Å². The van der Waals surface area contributed by atoms with Crippen LogP contribution in [0.25, 0.3) is 0 Å². The third-order valence-corrected chi connectivity index (χ3v) is 3.95. The van der Waals surface area contributed by atoms with E-state index < -0.39 is 0 Å². The molecule has 0 aliphatic carbocycles. The number of hydrogen-bond acceptors (Lipinski definition) is 3. The Balaban J connectivity index is 1.94. The third kappa shape index (κ3) is 1.47. The lowest BCUT2D eigenvalue weighted by molar-refractivity contribution is 0.472. The number of aryl methyl sites for hydroxylation is 1. The van der Waals surface area contributed by atoms with Crippen LogP contribution in [-0.2, 0) is 6.42 Å². The Morgan fingerprint density at radius 3 is 3.12 bits per heavy atom. The van der Waals surface area contributed by atoms with E-state index in [4.69, 9.17) is 5.73 Å². The summed E-state index contributed by atoms with van der Waals surface area (Å²) >= 11 is 0. The molecule has 3 nitrogen and oxygen atoms in total. The minimum absolute atomic E-state index is 0.381. The predicted molar refractivity (Wildman–Crippen MR) is 64.7 cm³/mol. The summed E-state index contributed by atoms with van der Waals surface area (Å²) in [4.78, 5) is 2.48. The van der Waals surface area contributed by atoms with E-state index in [-0.39, 0.29) is 0 Å². The normalized spacial score (nSPS) is 27.7. The average molecular weight is 218 g/mol. The highest BCUT2D eigenvalue weighted by Crippen LogP contribution is 2.39. The van der Waals surface area contributed by atoms with Gasteiger partial charge < -0.3 is 15.7 Å². The first kappa shape index (κ1) is 9.97. The maximum atomic E-state index is 9.49. The summed E-state index contributed by atoms with van der Waals surface area (Å²) in [7, 11) is 0. The van der Waals surface area contributed by atoms with E-state index in [1.165, 1.54) is 24.1 Å². The van der Waals surface area contributed by atoms with Crippen molar-refractivity contribution in [3.8, 4) is 5.75 Å². The number of phenols is 1. The van der Waals surface area contributed by atoms with E-state index in [0.29, 0.717) is 17.7 Å². The molecule has 3 rings (SSSR count). The van der Waals surface area contributed by atoms with E-state index in [2.05, 4.69) is 11.0 Å². The SMILES string of the molecule is NCC1CC2CCc3cc(O)ccc3N2C1. The molecule has 2 aliphatic rings. The average Bonchev–Trinajstić information content (AvgIpc) is 2.71. The number of benzene rings is 1. The molecule has 2 heterocycles. The Hall–Kier alpha value is -1.22. The summed E-state index contributed by atoms with van der Waals surface area (Å²) in [5.74, 6) is 1.02. The molecule has 1 saturated heterocycles. The van der Waals surface area contributed by atoms with Gasteiger partial charge in [0.25, 0.3) is 0 Å². The zero-order valence-electron chi connectivity index (χ0n) is 9.39. The molecule has 2 unspecified atom stereocenters. The minimum atomic E-state index is 0.381. The van der Waals surface area contributed by atoms with Crippen molar-refractivity contribution >= 4 is 5.69 Å². The van der Waals surface area contributed by atoms with Crippen LogP contribution in [0.15, 0.2) is 18.2 Å². The number of nitrogens with zero attached hydrogens (tertiary/aromatic N) is 1. The van der Waals surface area contributed by atoms with Gasteiger partial charge in [-0.2, -0.15) is 0 Å². The largest absolute Gasteiger partial charge is 0.508 e. The van der Waals surface area contributed by atoms with Crippen molar-refractivity contribution in [3.05, 3.63) is 23.8 Å². The fourth-order valence-electron chi connectivity index (χ4n) is 3.13. The summed E-state index contributed by atoms with van der Waals surface area (Å²) < 4.78 is 0. The lowest BCUT2D eigenvalue weighted by atomic mass is 9.95. The van der Waals surface area contributed by atoms with Gasteiger partial charge in [0, 0.05) is 18.3 Å². The molecule has 2 atom stereocenters. The fraction of sp³-hybridized carbons (Fsp3) is 0.538.